The second-order valence-corrected chi connectivity index (χ2v) is 5.96. The lowest BCUT2D eigenvalue weighted by atomic mass is 10.2. The summed E-state index contributed by atoms with van der Waals surface area (Å²) in [7, 11) is 0. The number of hydrogen-bond acceptors (Lipinski definition) is 4. The lowest BCUT2D eigenvalue weighted by Crippen LogP contribution is -2.32. The van der Waals surface area contributed by atoms with Crippen LogP contribution in [0.5, 0.6) is 0 Å². The number of halogens is 3. The van der Waals surface area contributed by atoms with Crippen LogP contribution in [0, 0.1) is 0 Å². The number of esters is 1. The second-order valence-electron chi connectivity index (χ2n) is 4.76. The van der Waals surface area contributed by atoms with Gasteiger partial charge in [-0.1, -0.05) is 41.7 Å². The molecule has 24 heavy (non-hydrogen) atoms. The standard InChI is InChI=1S/C16H13Cl3N2O3/c1-2-13(24-16(23)10-4-3-7-20-14(10)19)15(22)21-12-6-5-9(17)8-11(12)18/h3-8,13H,2H2,1H3,(H,21,22). The van der Waals surface area contributed by atoms with Crippen LogP contribution in [-0.4, -0.2) is 23.0 Å². The van der Waals surface area contributed by atoms with E-state index in [2.05, 4.69) is 10.3 Å². The number of carbonyl (C=O) groups excluding carboxylic acids is 2. The van der Waals surface area contributed by atoms with E-state index in [0.717, 1.165) is 0 Å². The molecule has 1 heterocycles. The van der Waals surface area contributed by atoms with E-state index in [1.807, 2.05) is 0 Å². The lowest BCUT2D eigenvalue weighted by Gasteiger charge is -2.17. The summed E-state index contributed by atoms with van der Waals surface area (Å²) in [4.78, 5) is 28.2. The molecule has 1 N–H and O–H groups in total. The Kier molecular flexibility index (Phi) is 6.43. The number of aromatic nitrogens is 1. The number of rotatable bonds is 5. The first-order chi connectivity index (χ1) is 11.4. The number of benzene rings is 1. The maximum absolute atomic E-state index is 12.3. The Balaban J connectivity index is 2.09. The summed E-state index contributed by atoms with van der Waals surface area (Å²) < 4.78 is 5.22. The van der Waals surface area contributed by atoms with Crippen LogP contribution in [0.2, 0.25) is 15.2 Å². The van der Waals surface area contributed by atoms with Crippen molar-refractivity contribution in [2.45, 2.75) is 19.4 Å². The number of nitrogens with zero attached hydrogens (tertiary/aromatic N) is 1. The van der Waals surface area contributed by atoms with Gasteiger partial charge in [-0.05, 0) is 36.8 Å². The van der Waals surface area contributed by atoms with Gasteiger partial charge in [0.05, 0.1) is 16.3 Å². The quantitative estimate of drug-likeness (QED) is 0.600. The van der Waals surface area contributed by atoms with Crippen LogP contribution >= 0.6 is 34.8 Å². The van der Waals surface area contributed by atoms with Gasteiger partial charge < -0.3 is 10.1 Å². The van der Waals surface area contributed by atoms with Gasteiger partial charge in [0.15, 0.2) is 6.10 Å². The molecule has 0 aliphatic carbocycles. The normalized spacial score (nSPS) is 11.7. The van der Waals surface area contributed by atoms with Crippen LogP contribution in [0.1, 0.15) is 23.7 Å². The van der Waals surface area contributed by atoms with E-state index in [1.165, 1.54) is 18.3 Å². The molecular weight excluding hydrogens is 375 g/mol. The zero-order chi connectivity index (χ0) is 17.7. The molecule has 126 valence electrons. The summed E-state index contributed by atoms with van der Waals surface area (Å²) in [6, 6.07) is 7.68. The second kappa shape index (κ2) is 8.33. The van der Waals surface area contributed by atoms with Crippen molar-refractivity contribution in [3.63, 3.8) is 0 Å². The highest BCUT2D eigenvalue weighted by atomic mass is 35.5. The third-order valence-corrected chi connectivity index (χ3v) is 3.93. The van der Waals surface area contributed by atoms with E-state index >= 15 is 0 Å². The lowest BCUT2D eigenvalue weighted by molar-refractivity contribution is -0.124. The van der Waals surface area contributed by atoms with E-state index in [1.54, 1.807) is 25.1 Å². The Bertz CT molecular complexity index is 768. The number of nitrogens with one attached hydrogen (secondary N) is 1. The van der Waals surface area contributed by atoms with Crippen molar-refractivity contribution >= 4 is 52.4 Å². The van der Waals surface area contributed by atoms with Gasteiger partial charge in [-0.2, -0.15) is 0 Å². The molecule has 0 spiro atoms. The van der Waals surface area contributed by atoms with Crippen LogP contribution in [0.3, 0.4) is 0 Å². The molecule has 1 unspecified atom stereocenters. The summed E-state index contributed by atoms with van der Waals surface area (Å²) in [6.45, 7) is 1.71. The molecule has 0 bridgehead atoms. The topological polar surface area (TPSA) is 68.3 Å². The van der Waals surface area contributed by atoms with Gasteiger partial charge in [0.2, 0.25) is 0 Å². The van der Waals surface area contributed by atoms with Crippen molar-refractivity contribution in [3.8, 4) is 0 Å². The van der Waals surface area contributed by atoms with Crippen molar-refractivity contribution in [3.05, 3.63) is 57.3 Å². The molecule has 2 aromatic rings. The maximum atomic E-state index is 12.3. The molecular formula is C16H13Cl3N2O3. The molecule has 5 nitrogen and oxygen atoms in total. The molecule has 0 saturated heterocycles. The maximum Gasteiger partial charge on any atom is 0.342 e. The van der Waals surface area contributed by atoms with Gasteiger partial charge >= 0.3 is 5.97 Å². The van der Waals surface area contributed by atoms with E-state index in [4.69, 9.17) is 39.5 Å². The third-order valence-electron chi connectivity index (χ3n) is 3.08. The van der Waals surface area contributed by atoms with E-state index in [0.29, 0.717) is 10.7 Å². The summed E-state index contributed by atoms with van der Waals surface area (Å²) >= 11 is 17.7. The summed E-state index contributed by atoms with van der Waals surface area (Å²) in [5.41, 5.74) is 0.468. The Morgan fingerprint density at radius 3 is 2.62 bits per heavy atom. The van der Waals surface area contributed by atoms with Gasteiger partial charge in [-0.25, -0.2) is 9.78 Å². The summed E-state index contributed by atoms with van der Waals surface area (Å²) in [6.07, 6.45) is 0.729. The fourth-order valence-corrected chi connectivity index (χ4v) is 2.51. The van der Waals surface area contributed by atoms with Crippen molar-refractivity contribution in [2.24, 2.45) is 0 Å². The number of ether oxygens (including phenoxy) is 1. The molecule has 0 radical (unpaired) electrons. The van der Waals surface area contributed by atoms with Crippen molar-refractivity contribution < 1.29 is 14.3 Å². The number of pyridine rings is 1. The Labute approximate surface area is 153 Å². The van der Waals surface area contributed by atoms with Gasteiger partial charge in [0, 0.05) is 11.2 Å². The SMILES string of the molecule is CCC(OC(=O)c1cccnc1Cl)C(=O)Nc1ccc(Cl)cc1Cl. The first kappa shape index (κ1) is 18.5. The molecule has 1 aromatic carbocycles. The van der Waals surface area contributed by atoms with E-state index in [9.17, 15) is 9.59 Å². The number of anilines is 1. The zero-order valence-corrected chi connectivity index (χ0v) is 14.8. The van der Waals surface area contributed by atoms with Crippen LogP contribution in [0.15, 0.2) is 36.5 Å². The molecule has 1 aromatic heterocycles. The minimum atomic E-state index is -1.000. The molecule has 0 aliphatic rings. The molecule has 1 amide bonds. The van der Waals surface area contributed by atoms with Gasteiger partial charge in [0.25, 0.3) is 5.91 Å². The van der Waals surface area contributed by atoms with Crippen LogP contribution < -0.4 is 5.32 Å². The molecule has 1 atom stereocenters. The molecule has 0 aliphatic heterocycles. The Morgan fingerprint density at radius 1 is 1.25 bits per heavy atom. The zero-order valence-electron chi connectivity index (χ0n) is 12.6. The number of hydrogen-bond donors (Lipinski definition) is 1. The highest BCUT2D eigenvalue weighted by Gasteiger charge is 2.24. The average Bonchev–Trinajstić information content (AvgIpc) is 2.55. The third kappa shape index (κ3) is 4.60. The van der Waals surface area contributed by atoms with Gasteiger partial charge in [0.1, 0.15) is 5.15 Å². The fraction of sp³-hybridized carbons (Fsp3) is 0.188. The van der Waals surface area contributed by atoms with E-state index < -0.39 is 18.0 Å². The predicted molar refractivity (Wildman–Crippen MR) is 93.8 cm³/mol. The Hall–Kier alpha value is -1.82. The molecule has 0 fully saturated rings. The largest absolute Gasteiger partial charge is 0.449 e. The van der Waals surface area contributed by atoms with Crippen LogP contribution in [0.4, 0.5) is 5.69 Å². The molecule has 0 saturated carbocycles. The highest BCUT2D eigenvalue weighted by molar-refractivity contribution is 6.36. The first-order valence-electron chi connectivity index (χ1n) is 6.99. The minimum Gasteiger partial charge on any atom is -0.449 e. The van der Waals surface area contributed by atoms with Crippen LogP contribution in [-0.2, 0) is 9.53 Å². The van der Waals surface area contributed by atoms with E-state index in [-0.39, 0.29) is 22.2 Å². The number of amides is 1. The Morgan fingerprint density at radius 2 is 2.00 bits per heavy atom. The fourth-order valence-electron chi connectivity index (χ4n) is 1.86. The van der Waals surface area contributed by atoms with Crippen molar-refractivity contribution in [1.29, 1.82) is 0 Å². The highest BCUT2D eigenvalue weighted by Crippen LogP contribution is 2.26. The monoisotopic (exact) mass is 386 g/mol. The van der Waals surface area contributed by atoms with Crippen molar-refractivity contribution in [2.75, 3.05) is 5.32 Å². The number of carbonyl (C=O) groups is 2. The molecule has 2 rings (SSSR count). The van der Waals surface area contributed by atoms with Gasteiger partial charge in [-0.3, -0.25) is 4.79 Å². The molecule has 8 heteroatoms. The van der Waals surface area contributed by atoms with Crippen molar-refractivity contribution in [1.82, 2.24) is 4.98 Å². The first-order valence-corrected chi connectivity index (χ1v) is 8.13. The van der Waals surface area contributed by atoms with Crippen LogP contribution in [0.25, 0.3) is 0 Å². The average molecular weight is 388 g/mol. The summed E-state index contributed by atoms with van der Waals surface area (Å²) in [5, 5.41) is 3.35. The smallest absolute Gasteiger partial charge is 0.342 e. The predicted octanol–water partition coefficient (Wildman–Crippen LogP) is 4.62. The summed E-state index contributed by atoms with van der Waals surface area (Å²) in [5.74, 6) is -1.23. The van der Waals surface area contributed by atoms with Gasteiger partial charge in [-0.15, -0.1) is 0 Å². The minimum absolute atomic E-state index is 0.0125.